The van der Waals surface area contributed by atoms with E-state index in [0.29, 0.717) is 5.69 Å². The summed E-state index contributed by atoms with van der Waals surface area (Å²) in [5.41, 5.74) is 16.7. The number of nitrogens with one attached hydrogen (secondary N) is 4. The lowest BCUT2D eigenvalue weighted by atomic mass is 10.1. The largest absolute Gasteiger partial charge is 0.481 e. The number of carbonyl (C=O) groups excluding carboxylic acids is 3. The van der Waals surface area contributed by atoms with Crippen LogP contribution >= 0.6 is 12.6 Å². The van der Waals surface area contributed by atoms with Crippen LogP contribution in [0.15, 0.2) is 17.5 Å². The maximum absolute atomic E-state index is 13.0. The second kappa shape index (κ2) is 16.0. The van der Waals surface area contributed by atoms with Crippen molar-refractivity contribution in [1.82, 2.24) is 25.9 Å². The number of carbonyl (C=O) groups is 5. The fourth-order valence-corrected chi connectivity index (χ4v) is 3.27. The molecule has 206 valence electrons. The molecule has 3 amide bonds. The van der Waals surface area contributed by atoms with E-state index in [0.717, 1.165) is 0 Å². The monoisotopic (exact) mass is 543 g/mol. The highest BCUT2D eigenvalue weighted by atomic mass is 32.1. The number of thiol groups is 1. The van der Waals surface area contributed by atoms with E-state index in [-0.39, 0.29) is 50.4 Å². The van der Waals surface area contributed by atoms with E-state index in [4.69, 9.17) is 22.3 Å². The summed E-state index contributed by atoms with van der Waals surface area (Å²) >= 11 is 4.07. The van der Waals surface area contributed by atoms with Crippen LogP contribution < -0.4 is 33.2 Å². The van der Waals surface area contributed by atoms with Gasteiger partial charge >= 0.3 is 11.9 Å². The van der Waals surface area contributed by atoms with Gasteiger partial charge in [-0.05, 0) is 19.3 Å². The van der Waals surface area contributed by atoms with Crippen molar-refractivity contribution in [3.05, 3.63) is 18.2 Å². The van der Waals surface area contributed by atoms with Gasteiger partial charge in [0.1, 0.15) is 18.1 Å². The zero-order valence-corrected chi connectivity index (χ0v) is 20.8. The van der Waals surface area contributed by atoms with Crippen molar-refractivity contribution in [2.24, 2.45) is 22.2 Å². The molecule has 0 saturated carbocycles. The number of nitrogens with zero attached hydrogens (tertiary/aromatic N) is 2. The van der Waals surface area contributed by atoms with Crippen LogP contribution in [0.4, 0.5) is 0 Å². The molecule has 0 aliphatic heterocycles. The smallest absolute Gasteiger partial charge is 0.326 e. The van der Waals surface area contributed by atoms with Crippen LogP contribution in [-0.4, -0.2) is 92.3 Å². The van der Waals surface area contributed by atoms with Gasteiger partial charge in [-0.1, -0.05) is 0 Å². The van der Waals surface area contributed by atoms with Gasteiger partial charge in [0.2, 0.25) is 17.7 Å². The van der Waals surface area contributed by atoms with Crippen molar-refractivity contribution in [3.63, 3.8) is 0 Å². The molecule has 12 N–H and O–H groups in total. The van der Waals surface area contributed by atoms with E-state index in [1.165, 1.54) is 12.5 Å². The van der Waals surface area contributed by atoms with Gasteiger partial charge in [-0.2, -0.15) is 12.6 Å². The number of hydrogen-bond donors (Lipinski definition) is 10. The topological polar surface area (TPSA) is 281 Å². The number of carboxylic acid groups (broad SMARTS) is 2. The fraction of sp³-hybridized carbons (Fsp3) is 0.550. The number of aliphatic imine (C=N–C) groups is 1. The molecule has 4 unspecified atom stereocenters. The number of carboxylic acids is 2. The normalized spacial score (nSPS) is 13.9. The summed E-state index contributed by atoms with van der Waals surface area (Å²) < 4.78 is 0. The molecule has 16 nitrogen and oxygen atoms in total. The van der Waals surface area contributed by atoms with E-state index in [2.05, 4.69) is 43.5 Å². The molecule has 0 aliphatic carbocycles. The number of aliphatic carboxylic acids is 2. The maximum Gasteiger partial charge on any atom is 0.326 e. The van der Waals surface area contributed by atoms with E-state index in [9.17, 15) is 29.1 Å². The van der Waals surface area contributed by atoms with Crippen molar-refractivity contribution in [3.8, 4) is 0 Å². The molecule has 4 atom stereocenters. The van der Waals surface area contributed by atoms with Gasteiger partial charge in [0.05, 0.1) is 12.4 Å². The second-order valence-electron chi connectivity index (χ2n) is 7.97. The zero-order valence-electron chi connectivity index (χ0n) is 19.9. The fourth-order valence-electron chi connectivity index (χ4n) is 3.01. The van der Waals surface area contributed by atoms with Gasteiger partial charge in [-0.3, -0.25) is 24.2 Å². The highest BCUT2D eigenvalue weighted by Gasteiger charge is 2.30. The third kappa shape index (κ3) is 12.1. The minimum absolute atomic E-state index is 0.0256. The Morgan fingerprint density at radius 2 is 1.62 bits per heavy atom. The van der Waals surface area contributed by atoms with Crippen molar-refractivity contribution in [2.45, 2.75) is 56.3 Å². The van der Waals surface area contributed by atoms with Crippen LogP contribution in [0.2, 0.25) is 0 Å². The van der Waals surface area contributed by atoms with Crippen LogP contribution in [0.5, 0.6) is 0 Å². The zero-order chi connectivity index (χ0) is 28.0. The minimum Gasteiger partial charge on any atom is -0.481 e. The van der Waals surface area contributed by atoms with Gasteiger partial charge in [-0.15, -0.1) is 0 Å². The number of aromatic nitrogens is 2. The number of guanidine groups is 1. The Morgan fingerprint density at radius 1 is 1.00 bits per heavy atom. The first-order valence-corrected chi connectivity index (χ1v) is 11.8. The van der Waals surface area contributed by atoms with Gasteiger partial charge in [0, 0.05) is 37.0 Å². The molecule has 37 heavy (non-hydrogen) atoms. The Balaban J connectivity index is 2.87. The molecule has 1 heterocycles. The Kier molecular flexibility index (Phi) is 13.5. The molecule has 17 heteroatoms. The van der Waals surface area contributed by atoms with Crippen LogP contribution in [-0.2, 0) is 30.4 Å². The lowest BCUT2D eigenvalue weighted by Crippen LogP contribution is -2.58. The van der Waals surface area contributed by atoms with Crippen molar-refractivity contribution < 1.29 is 34.2 Å². The van der Waals surface area contributed by atoms with Gasteiger partial charge in [-0.25, -0.2) is 9.78 Å². The van der Waals surface area contributed by atoms with Crippen LogP contribution in [0.25, 0.3) is 0 Å². The Bertz CT molecular complexity index is 954. The van der Waals surface area contributed by atoms with Crippen LogP contribution in [0, 0.1) is 0 Å². The lowest BCUT2D eigenvalue weighted by molar-refractivity contribution is -0.142. The average molecular weight is 544 g/mol. The van der Waals surface area contributed by atoms with Crippen LogP contribution in [0.3, 0.4) is 0 Å². The molecule has 1 rings (SSSR count). The lowest BCUT2D eigenvalue weighted by Gasteiger charge is -2.24. The van der Waals surface area contributed by atoms with Gasteiger partial charge < -0.3 is 48.3 Å². The number of nitrogens with two attached hydrogens (primary N) is 3. The molecule has 1 aromatic rings. The summed E-state index contributed by atoms with van der Waals surface area (Å²) in [6.07, 6.45) is 2.55. The first-order chi connectivity index (χ1) is 17.4. The number of aromatic amines is 1. The van der Waals surface area contributed by atoms with E-state index in [1.54, 1.807) is 0 Å². The van der Waals surface area contributed by atoms with E-state index in [1.807, 2.05) is 0 Å². The number of rotatable bonds is 17. The van der Waals surface area contributed by atoms with E-state index < -0.39 is 53.8 Å². The first-order valence-electron chi connectivity index (χ1n) is 11.2. The van der Waals surface area contributed by atoms with E-state index >= 15 is 0 Å². The van der Waals surface area contributed by atoms with Gasteiger partial charge in [0.15, 0.2) is 5.96 Å². The minimum atomic E-state index is -1.29. The molecule has 0 aliphatic rings. The SMILES string of the molecule is NC(N)=NCCCC(NC(=O)C(CS)NC(=O)C(Cc1cnc[nH]1)NC(=O)C(N)CCC(=O)O)C(=O)O. The molecule has 0 saturated heterocycles. The highest BCUT2D eigenvalue weighted by Crippen LogP contribution is 2.04. The number of H-pyrrole nitrogens is 1. The Labute approximate surface area is 217 Å². The standard InChI is InChI=1S/C20H33N9O7S/c21-11(3-4-15(30)31)16(32)28-13(6-10-7-24-9-26-10)17(33)29-14(8-37)18(34)27-12(19(35)36)2-1-5-25-20(22)23/h7,9,11-14,37H,1-6,8,21H2,(H,24,26)(H,27,34)(H,28,32)(H,29,33)(H,30,31)(H,35,36)(H4,22,23,25). The number of hydrogen-bond acceptors (Lipinski definition) is 9. The summed E-state index contributed by atoms with van der Waals surface area (Å²) in [5, 5.41) is 25.4. The number of imidazole rings is 1. The molecule has 0 fully saturated rings. The predicted molar refractivity (Wildman–Crippen MR) is 134 cm³/mol. The third-order valence-electron chi connectivity index (χ3n) is 4.99. The summed E-state index contributed by atoms with van der Waals surface area (Å²) in [4.78, 5) is 70.8. The second-order valence-corrected chi connectivity index (χ2v) is 8.34. The van der Waals surface area contributed by atoms with Crippen molar-refractivity contribution in [2.75, 3.05) is 12.3 Å². The summed E-state index contributed by atoms with van der Waals surface area (Å²) in [6, 6.07) is -4.91. The molecule has 0 bridgehead atoms. The third-order valence-corrected chi connectivity index (χ3v) is 5.36. The van der Waals surface area contributed by atoms with Crippen LogP contribution in [0.1, 0.15) is 31.4 Å². The summed E-state index contributed by atoms with van der Waals surface area (Å²) in [6.45, 7) is 0.165. The molecule has 0 radical (unpaired) electrons. The molecular formula is C20H33N9O7S. The van der Waals surface area contributed by atoms with Gasteiger partial charge in [0.25, 0.3) is 0 Å². The average Bonchev–Trinajstić information content (AvgIpc) is 3.34. The maximum atomic E-state index is 13.0. The summed E-state index contributed by atoms with van der Waals surface area (Å²) in [7, 11) is 0. The Morgan fingerprint density at radius 3 is 2.16 bits per heavy atom. The quantitative estimate of drug-likeness (QED) is 0.0401. The molecular weight excluding hydrogens is 510 g/mol. The first kappa shape index (κ1) is 31.2. The molecule has 0 spiro atoms. The molecule has 1 aromatic heterocycles. The number of amides is 3. The molecule has 0 aromatic carbocycles. The Hall–Kier alpha value is -3.86. The van der Waals surface area contributed by atoms with Crippen molar-refractivity contribution in [1.29, 1.82) is 0 Å². The summed E-state index contributed by atoms with van der Waals surface area (Å²) in [5.74, 6) is -5.09. The van der Waals surface area contributed by atoms with Crippen molar-refractivity contribution >= 4 is 48.2 Å². The highest BCUT2D eigenvalue weighted by molar-refractivity contribution is 7.80. The predicted octanol–water partition coefficient (Wildman–Crippen LogP) is -3.33.